The summed E-state index contributed by atoms with van der Waals surface area (Å²) in [6.45, 7) is 5.07. The fourth-order valence-electron chi connectivity index (χ4n) is 4.27. The van der Waals surface area contributed by atoms with Crippen molar-refractivity contribution >= 4 is 17.8 Å². The zero-order valence-corrected chi connectivity index (χ0v) is 19.2. The van der Waals surface area contributed by atoms with Crippen LogP contribution in [0.2, 0.25) is 0 Å². The molecule has 178 valence electrons. The summed E-state index contributed by atoms with van der Waals surface area (Å²) in [5.41, 5.74) is -1.24. The topological polar surface area (TPSA) is 92.8 Å². The molecule has 3 aliphatic rings. The predicted octanol–water partition coefficient (Wildman–Crippen LogP) is 3.38. The normalized spacial score (nSPS) is 31.5. The zero-order valence-electron chi connectivity index (χ0n) is 19.2. The molecule has 9 heteroatoms. The number of methoxy groups -OCH3 is 2. The van der Waals surface area contributed by atoms with Gasteiger partial charge in [-0.3, -0.25) is 4.79 Å². The summed E-state index contributed by atoms with van der Waals surface area (Å²) in [6, 6.07) is 3.23. The van der Waals surface area contributed by atoms with Crippen LogP contribution >= 0.6 is 0 Å². The first-order chi connectivity index (χ1) is 15.6. The lowest BCUT2D eigenvalue weighted by atomic mass is 9.87. The van der Waals surface area contributed by atoms with Crippen LogP contribution in [0.5, 0.6) is 11.5 Å². The molecule has 0 aliphatic carbocycles. The van der Waals surface area contributed by atoms with Gasteiger partial charge in [0.25, 0.3) is 0 Å². The zero-order chi connectivity index (χ0) is 24.0. The molecule has 4 rings (SSSR count). The number of cyclic esters (lactones) is 1. The van der Waals surface area contributed by atoms with E-state index in [9.17, 15) is 14.0 Å². The average molecular weight is 462 g/mol. The maximum atomic E-state index is 14.6. The second kappa shape index (κ2) is 8.55. The standard InChI is InChI=1S/C24H27FO8/c1-13-6-7-16(25)19(26)20-21-24(33-21,23(2,3)32-20)9-8-14-10-15(29-5)11-17(30-12-28-4)18(14)22(27)31-13/h7-11,13,20-21H,6,12H2,1-5H3/b9-8+,16-7?/t13-,20+,21+,24?/m0/s1. The molecule has 4 atom stereocenters. The Balaban J connectivity index is 1.85. The van der Waals surface area contributed by atoms with Crippen LogP contribution in [0.3, 0.4) is 0 Å². The number of benzene rings is 1. The summed E-state index contributed by atoms with van der Waals surface area (Å²) < 4.78 is 47.9. The summed E-state index contributed by atoms with van der Waals surface area (Å²) in [5, 5.41) is 0. The van der Waals surface area contributed by atoms with Gasteiger partial charge in [-0.15, -0.1) is 0 Å². The third-order valence-electron chi connectivity index (χ3n) is 6.14. The highest BCUT2D eigenvalue weighted by atomic mass is 19.1. The lowest BCUT2D eigenvalue weighted by molar-refractivity contribution is -0.143. The second-order valence-corrected chi connectivity index (χ2v) is 8.72. The minimum atomic E-state index is -1.06. The summed E-state index contributed by atoms with van der Waals surface area (Å²) >= 11 is 0. The summed E-state index contributed by atoms with van der Waals surface area (Å²) in [7, 11) is 2.96. The van der Waals surface area contributed by atoms with Gasteiger partial charge in [-0.25, -0.2) is 9.18 Å². The molecule has 0 N–H and O–H groups in total. The number of rotatable bonds is 4. The number of carbonyl (C=O) groups excluding carboxylic acids is 2. The number of fused-ring (bicyclic) bond motifs is 1. The molecule has 1 aromatic carbocycles. The van der Waals surface area contributed by atoms with E-state index < -0.39 is 47.1 Å². The Kier molecular flexibility index (Phi) is 6.07. The van der Waals surface area contributed by atoms with E-state index >= 15 is 0 Å². The van der Waals surface area contributed by atoms with E-state index in [1.165, 1.54) is 14.2 Å². The largest absolute Gasteiger partial charge is 0.497 e. The number of carbonyl (C=O) groups is 2. The molecule has 0 amide bonds. The quantitative estimate of drug-likeness (QED) is 0.382. The van der Waals surface area contributed by atoms with Crippen LogP contribution in [0.15, 0.2) is 30.1 Å². The van der Waals surface area contributed by atoms with Gasteiger partial charge in [-0.05, 0) is 44.6 Å². The Bertz CT molecular complexity index is 1030. The first-order valence-electron chi connectivity index (χ1n) is 10.6. The van der Waals surface area contributed by atoms with Crippen molar-refractivity contribution in [3.63, 3.8) is 0 Å². The van der Waals surface area contributed by atoms with Gasteiger partial charge in [-0.1, -0.05) is 6.08 Å². The minimum Gasteiger partial charge on any atom is -0.497 e. The summed E-state index contributed by atoms with van der Waals surface area (Å²) in [6.07, 6.45) is 2.12. The fourth-order valence-corrected chi connectivity index (χ4v) is 4.27. The monoisotopic (exact) mass is 462 g/mol. The Hall–Kier alpha value is -2.75. The first kappa shape index (κ1) is 23.4. The van der Waals surface area contributed by atoms with E-state index in [4.69, 9.17) is 28.4 Å². The smallest absolute Gasteiger partial charge is 0.342 e. The maximum absolute atomic E-state index is 14.6. The van der Waals surface area contributed by atoms with Crippen LogP contribution in [0.1, 0.15) is 43.1 Å². The lowest BCUT2D eigenvalue weighted by Gasteiger charge is -2.27. The highest BCUT2D eigenvalue weighted by Gasteiger charge is 2.75. The molecule has 2 saturated heterocycles. The first-order valence-corrected chi connectivity index (χ1v) is 10.6. The van der Waals surface area contributed by atoms with Crippen LogP contribution < -0.4 is 9.47 Å². The van der Waals surface area contributed by atoms with Gasteiger partial charge in [0.05, 0.1) is 12.7 Å². The molecule has 0 saturated carbocycles. The number of hydrogen-bond acceptors (Lipinski definition) is 8. The van der Waals surface area contributed by atoms with Crippen LogP contribution in [-0.4, -0.2) is 62.3 Å². The van der Waals surface area contributed by atoms with Crippen LogP contribution in [0, 0.1) is 0 Å². The molecule has 0 aromatic heterocycles. The molecule has 2 fully saturated rings. The SMILES string of the molecule is COCOc1cc(OC)cc2c1C(=O)O[C@@H](C)CC=C(F)C(=O)[C@H]1OC(C)(C)C3(/C=C/2)O[C@H]13. The summed E-state index contributed by atoms with van der Waals surface area (Å²) in [4.78, 5) is 25.8. The van der Waals surface area contributed by atoms with Gasteiger partial charge in [0.2, 0.25) is 5.78 Å². The highest BCUT2D eigenvalue weighted by molar-refractivity contribution is 5.99. The van der Waals surface area contributed by atoms with E-state index in [0.717, 1.165) is 6.08 Å². The Labute approximate surface area is 191 Å². The number of esters is 1. The van der Waals surface area contributed by atoms with Gasteiger partial charge in [0.1, 0.15) is 34.9 Å². The molecule has 3 aliphatic heterocycles. The van der Waals surface area contributed by atoms with Crippen LogP contribution in [0.4, 0.5) is 4.39 Å². The Morgan fingerprint density at radius 2 is 1.94 bits per heavy atom. The van der Waals surface area contributed by atoms with Gasteiger partial charge < -0.3 is 28.4 Å². The number of halogens is 1. The van der Waals surface area contributed by atoms with E-state index in [2.05, 4.69) is 0 Å². The molecule has 2 bridgehead atoms. The maximum Gasteiger partial charge on any atom is 0.342 e. The van der Waals surface area contributed by atoms with Crippen LogP contribution in [-0.2, 0) is 23.7 Å². The highest BCUT2D eigenvalue weighted by Crippen LogP contribution is 2.57. The number of ketones is 1. The van der Waals surface area contributed by atoms with Crippen molar-refractivity contribution < 1.29 is 42.4 Å². The molecule has 33 heavy (non-hydrogen) atoms. The number of epoxide rings is 1. The third kappa shape index (κ3) is 4.05. The lowest BCUT2D eigenvalue weighted by Crippen LogP contribution is -2.38. The molecular formula is C24H27FO8. The predicted molar refractivity (Wildman–Crippen MR) is 115 cm³/mol. The van der Waals surface area contributed by atoms with E-state index in [0.29, 0.717) is 11.3 Å². The Morgan fingerprint density at radius 1 is 1.18 bits per heavy atom. The van der Waals surface area contributed by atoms with E-state index in [-0.39, 0.29) is 24.5 Å². The van der Waals surface area contributed by atoms with Gasteiger partial charge >= 0.3 is 5.97 Å². The molecule has 1 aromatic rings. The van der Waals surface area contributed by atoms with Crippen LogP contribution in [0.25, 0.3) is 6.08 Å². The average Bonchev–Trinajstić information content (AvgIpc) is 3.48. The van der Waals surface area contributed by atoms with Crippen molar-refractivity contribution in [3.05, 3.63) is 41.2 Å². The second-order valence-electron chi connectivity index (χ2n) is 8.72. The molecule has 8 nitrogen and oxygen atoms in total. The Morgan fingerprint density at radius 3 is 2.61 bits per heavy atom. The molecule has 1 unspecified atom stereocenters. The number of hydrogen-bond donors (Lipinski definition) is 0. The molecule has 3 heterocycles. The summed E-state index contributed by atoms with van der Waals surface area (Å²) in [5.74, 6) is -1.73. The van der Waals surface area contributed by atoms with E-state index in [1.54, 1.807) is 45.1 Å². The molecule has 0 radical (unpaired) electrons. The van der Waals surface area contributed by atoms with Gasteiger partial charge in [-0.2, -0.15) is 0 Å². The minimum absolute atomic E-state index is 0.00564. The van der Waals surface area contributed by atoms with Crippen molar-refractivity contribution in [2.75, 3.05) is 21.0 Å². The van der Waals surface area contributed by atoms with E-state index in [1.807, 2.05) is 0 Å². The van der Waals surface area contributed by atoms with Crippen molar-refractivity contribution in [2.45, 2.75) is 56.7 Å². The van der Waals surface area contributed by atoms with Crippen molar-refractivity contribution in [3.8, 4) is 11.5 Å². The van der Waals surface area contributed by atoms with Crippen molar-refractivity contribution in [2.24, 2.45) is 0 Å². The van der Waals surface area contributed by atoms with Crippen molar-refractivity contribution in [1.29, 1.82) is 0 Å². The van der Waals surface area contributed by atoms with Gasteiger partial charge in [0, 0.05) is 19.6 Å². The fraction of sp³-hybridized carbons (Fsp3) is 0.500. The molecule has 0 spiro atoms. The van der Waals surface area contributed by atoms with Crippen molar-refractivity contribution in [1.82, 2.24) is 0 Å². The number of ether oxygens (including phenoxy) is 6. The third-order valence-corrected chi connectivity index (χ3v) is 6.14. The molecular weight excluding hydrogens is 435 g/mol. The van der Waals surface area contributed by atoms with Gasteiger partial charge in [0.15, 0.2) is 18.7 Å². The number of Topliss-reactive ketones (excluding diaryl/α,β-unsaturated/α-hetero) is 1.